The lowest BCUT2D eigenvalue weighted by atomic mass is 10.0. The van der Waals surface area contributed by atoms with Crippen molar-refractivity contribution in [1.29, 1.82) is 0 Å². The third kappa shape index (κ3) is 4.10. The summed E-state index contributed by atoms with van der Waals surface area (Å²) in [6.45, 7) is 3.86. The summed E-state index contributed by atoms with van der Waals surface area (Å²) in [5.74, 6) is 0.468. The van der Waals surface area contributed by atoms with Crippen LogP contribution in [0.2, 0.25) is 0 Å². The first-order chi connectivity index (χ1) is 14.0. The predicted octanol–water partition coefficient (Wildman–Crippen LogP) is 4.35. The highest BCUT2D eigenvalue weighted by atomic mass is 32.2. The Balaban J connectivity index is 1.41. The molecule has 2 aromatic rings. The molecule has 1 N–H and O–H groups in total. The number of urea groups is 1. The summed E-state index contributed by atoms with van der Waals surface area (Å²) in [6, 6.07) is 13.4. The molecule has 7 heteroatoms. The number of carbonyl (C=O) groups excluding carboxylic acids is 2. The Morgan fingerprint density at radius 3 is 2.48 bits per heavy atom. The number of likely N-dealkylation sites (tertiary alicyclic amines) is 1. The summed E-state index contributed by atoms with van der Waals surface area (Å²) in [5, 5.41) is 2.96. The Hall–Kier alpha value is -2.54. The minimum Gasteiger partial charge on any atom is -0.324 e. The minimum absolute atomic E-state index is 0.0623. The van der Waals surface area contributed by atoms with Gasteiger partial charge in [-0.1, -0.05) is 12.1 Å². The maximum atomic E-state index is 13.2. The average molecular weight is 414 g/mol. The van der Waals surface area contributed by atoms with Gasteiger partial charge in [0.2, 0.25) is 0 Å². The van der Waals surface area contributed by atoms with Gasteiger partial charge in [0.15, 0.2) is 0 Å². The molecule has 2 saturated heterocycles. The number of halogens is 1. The number of nitrogens with zero attached hydrogens (tertiary/aromatic N) is 2. The fourth-order valence-electron chi connectivity index (χ4n) is 4.04. The van der Waals surface area contributed by atoms with Crippen LogP contribution in [-0.4, -0.2) is 52.0 Å². The number of amides is 3. The van der Waals surface area contributed by atoms with Gasteiger partial charge in [-0.3, -0.25) is 4.79 Å². The van der Waals surface area contributed by atoms with Crippen molar-refractivity contribution in [2.75, 3.05) is 30.7 Å². The van der Waals surface area contributed by atoms with E-state index in [0.717, 1.165) is 29.8 Å². The number of piperidine rings is 1. The molecule has 4 rings (SSSR count). The van der Waals surface area contributed by atoms with E-state index < -0.39 is 0 Å². The number of hydrogen-bond donors (Lipinski definition) is 1. The number of nitrogens with one attached hydrogen (secondary N) is 1. The molecule has 152 valence electrons. The molecule has 0 aliphatic carbocycles. The van der Waals surface area contributed by atoms with Crippen molar-refractivity contribution in [3.05, 3.63) is 65.5 Å². The third-order valence-electron chi connectivity index (χ3n) is 5.62. The monoisotopic (exact) mass is 413 g/mol. The first-order valence-electron chi connectivity index (χ1n) is 9.81. The molecule has 0 saturated carbocycles. The van der Waals surface area contributed by atoms with Gasteiger partial charge in [-0.05, 0) is 61.7 Å². The molecule has 0 radical (unpaired) electrons. The van der Waals surface area contributed by atoms with Gasteiger partial charge in [-0.25, -0.2) is 9.18 Å². The van der Waals surface area contributed by atoms with Crippen LogP contribution in [0.1, 0.15) is 28.8 Å². The Morgan fingerprint density at radius 2 is 1.79 bits per heavy atom. The van der Waals surface area contributed by atoms with Gasteiger partial charge in [0.05, 0.1) is 4.87 Å². The summed E-state index contributed by atoms with van der Waals surface area (Å²) in [6.07, 6.45) is 1.46. The molecule has 2 aliphatic rings. The molecule has 2 aromatic carbocycles. The SMILES string of the molecule is Cc1cccc(NC(=O)N2CCC3(CC2)SCCN3C(=O)c2ccc(F)cc2)c1. The first kappa shape index (κ1) is 19.8. The second-order valence-electron chi connectivity index (χ2n) is 7.55. The number of anilines is 1. The molecular formula is C22H24FN3O2S. The normalized spacial score (nSPS) is 18.1. The zero-order chi connectivity index (χ0) is 20.4. The Kier molecular flexibility index (Phi) is 5.50. The lowest BCUT2D eigenvalue weighted by Crippen LogP contribution is -2.54. The molecule has 1 spiro atoms. The molecular weight excluding hydrogens is 389 g/mol. The van der Waals surface area contributed by atoms with E-state index in [2.05, 4.69) is 5.32 Å². The Morgan fingerprint density at radius 1 is 1.07 bits per heavy atom. The van der Waals surface area contributed by atoms with Gasteiger partial charge < -0.3 is 15.1 Å². The van der Waals surface area contributed by atoms with Crippen molar-refractivity contribution in [1.82, 2.24) is 9.80 Å². The largest absolute Gasteiger partial charge is 0.324 e. The van der Waals surface area contributed by atoms with Crippen molar-refractivity contribution in [2.24, 2.45) is 0 Å². The van der Waals surface area contributed by atoms with Crippen LogP contribution in [0.25, 0.3) is 0 Å². The van der Waals surface area contributed by atoms with Crippen LogP contribution in [0, 0.1) is 12.7 Å². The second kappa shape index (κ2) is 8.06. The fraction of sp³-hybridized carbons (Fsp3) is 0.364. The topological polar surface area (TPSA) is 52.7 Å². The van der Waals surface area contributed by atoms with E-state index >= 15 is 0 Å². The van der Waals surface area contributed by atoms with Gasteiger partial charge >= 0.3 is 6.03 Å². The van der Waals surface area contributed by atoms with E-state index in [9.17, 15) is 14.0 Å². The highest BCUT2D eigenvalue weighted by molar-refractivity contribution is 8.00. The van der Waals surface area contributed by atoms with E-state index in [4.69, 9.17) is 0 Å². The lowest BCUT2D eigenvalue weighted by Gasteiger charge is -2.44. The van der Waals surface area contributed by atoms with Crippen LogP contribution in [0.4, 0.5) is 14.9 Å². The van der Waals surface area contributed by atoms with Crippen molar-refractivity contribution >= 4 is 29.4 Å². The molecule has 3 amide bonds. The molecule has 2 aliphatic heterocycles. The predicted molar refractivity (Wildman–Crippen MR) is 114 cm³/mol. The van der Waals surface area contributed by atoms with Crippen molar-refractivity contribution in [3.63, 3.8) is 0 Å². The van der Waals surface area contributed by atoms with E-state index in [-0.39, 0.29) is 22.6 Å². The molecule has 0 bridgehead atoms. The second-order valence-corrected chi connectivity index (χ2v) is 9.00. The van der Waals surface area contributed by atoms with Crippen molar-refractivity contribution in [2.45, 2.75) is 24.6 Å². The van der Waals surface area contributed by atoms with Gasteiger partial charge in [0.25, 0.3) is 5.91 Å². The first-order valence-corrected chi connectivity index (χ1v) is 10.8. The van der Waals surface area contributed by atoms with E-state index in [1.165, 1.54) is 12.1 Å². The molecule has 29 heavy (non-hydrogen) atoms. The molecule has 2 heterocycles. The summed E-state index contributed by atoms with van der Waals surface area (Å²) >= 11 is 1.79. The molecule has 0 atom stereocenters. The summed E-state index contributed by atoms with van der Waals surface area (Å²) < 4.78 is 13.2. The van der Waals surface area contributed by atoms with Crippen LogP contribution in [0.5, 0.6) is 0 Å². The zero-order valence-electron chi connectivity index (χ0n) is 16.4. The van der Waals surface area contributed by atoms with Gasteiger partial charge in [-0.15, -0.1) is 11.8 Å². The van der Waals surface area contributed by atoms with Crippen LogP contribution in [0.15, 0.2) is 48.5 Å². The number of hydrogen-bond acceptors (Lipinski definition) is 3. The maximum Gasteiger partial charge on any atom is 0.321 e. The summed E-state index contributed by atoms with van der Waals surface area (Å²) in [5.41, 5.74) is 2.39. The van der Waals surface area contributed by atoms with Gasteiger partial charge in [-0.2, -0.15) is 0 Å². The highest BCUT2D eigenvalue weighted by Crippen LogP contribution is 2.44. The quantitative estimate of drug-likeness (QED) is 0.797. The standard InChI is InChI=1S/C22H24FN3O2S/c1-16-3-2-4-19(15-16)24-21(28)25-11-9-22(10-12-25)26(13-14-29-22)20(27)17-5-7-18(23)8-6-17/h2-8,15H,9-14H2,1H3,(H,24,28). The zero-order valence-corrected chi connectivity index (χ0v) is 17.2. The van der Waals surface area contributed by atoms with Crippen LogP contribution in [0.3, 0.4) is 0 Å². The maximum absolute atomic E-state index is 13.2. The van der Waals surface area contributed by atoms with E-state index in [1.54, 1.807) is 23.9 Å². The van der Waals surface area contributed by atoms with Gasteiger partial charge in [0.1, 0.15) is 5.82 Å². The smallest absolute Gasteiger partial charge is 0.321 e. The number of thioether (sulfide) groups is 1. The number of aryl methyl sites for hydroxylation is 1. The third-order valence-corrected chi connectivity index (χ3v) is 7.17. The summed E-state index contributed by atoms with van der Waals surface area (Å²) in [4.78, 5) is 29.1. The molecule has 0 unspecified atom stereocenters. The van der Waals surface area contributed by atoms with E-state index in [0.29, 0.717) is 25.2 Å². The van der Waals surface area contributed by atoms with Gasteiger partial charge in [0, 0.05) is 36.6 Å². The molecule has 0 aromatic heterocycles. The fourth-order valence-corrected chi connectivity index (χ4v) is 5.50. The number of benzene rings is 2. The average Bonchev–Trinajstić information content (AvgIpc) is 3.11. The van der Waals surface area contributed by atoms with Crippen molar-refractivity contribution in [3.8, 4) is 0 Å². The van der Waals surface area contributed by atoms with Crippen LogP contribution < -0.4 is 5.32 Å². The number of rotatable bonds is 2. The lowest BCUT2D eigenvalue weighted by molar-refractivity contribution is 0.0585. The van der Waals surface area contributed by atoms with Crippen LogP contribution in [-0.2, 0) is 0 Å². The summed E-state index contributed by atoms with van der Waals surface area (Å²) in [7, 11) is 0. The highest BCUT2D eigenvalue weighted by Gasteiger charge is 2.47. The molecule has 5 nitrogen and oxygen atoms in total. The van der Waals surface area contributed by atoms with Crippen LogP contribution >= 0.6 is 11.8 Å². The van der Waals surface area contributed by atoms with E-state index in [1.807, 2.05) is 41.0 Å². The Bertz CT molecular complexity index is 911. The Labute approximate surface area is 174 Å². The minimum atomic E-state index is -0.347. The molecule has 2 fully saturated rings. The van der Waals surface area contributed by atoms with Crippen molar-refractivity contribution < 1.29 is 14.0 Å². The number of carbonyl (C=O) groups is 2.